The van der Waals surface area contributed by atoms with Gasteiger partial charge in [-0.2, -0.15) is 0 Å². The van der Waals surface area contributed by atoms with Crippen molar-refractivity contribution < 1.29 is 10.0 Å². The maximum absolute atomic E-state index is 10.5. The minimum Gasteiger partial charge on any atom is -0.291 e. The predicted octanol–water partition coefficient (Wildman–Crippen LogP) is 1.87. The molecule has 0 bridgehead atoms. The number of benzene rings is 1. The summed E-state index contributed by atoms with van der Waals surface area (Å²) in [6, 6.07) is 6.15. The van der Waals surface area contributed by atoms with Gasteiger partial charge in [-0.25, -0.2) is 0 Å². The summed E-state index contributed by atoms with van der Waals surface area (Å²) in [6.07, 6.45) is 0. The Kier molecular flexibility index (Phi) is 2.46. The van der Waals surface area contributed by atoms with Gasteiger partial charge in [0, 0.05) is 5.56 Å². The molecule has 1 aromatic rings. The van der Waals surface area contributed by atoms with Gasteiger partial charge in [-0.3, -0.25) is 15.5 Å². The molecule has 0 aromatic heterocycles. The Balaban J connectivity index is 2.91. The molecular weight excluding hydrogens is 166 g/mol. The third-order valence-corrected chi connectivity index (χ3v) is 1.46. The molecule has 0 aliphatic rings. The number of nitrogens with one attached hydrogen (secondary N) is 1. The number of carbonyl (C=O) groups is 1. The lowest BCUT2D eigenvalue weighted by molar-refractivity contribution is 0.108. The molecule has 11 heavy (non-hydrogen) atoms. The fourth-order valence-electron chi connectivity index (χ4n) is 0.676. The molecule has 1 aromatic carbocycles. The predicted molar refractivity (Wildman–Crippen MR) is 42.0 cm³/mol. The van der Waals surface area contributed by atoms with E-state index in [1.165, 1.54) is 12.1 Å². The molecule has 0 aliphatic heterocycles. The molecule has 0 unspecified atom stereocenters. The molecule has 3 nitrogen and oxygen atoms in total. The summed E-state index contributed by atoms with van der Waals surface area (Å²) in [7, 11) is 0. The Bertz CT molecular complexity index is 258. The van der Waals surface area contributed by atoms with Crippen LogP contribution >= 0.6 is 11.6 Å². The highest BCUT2D eigenvalue weighted by Gasteiger charge is 1.99. The smallest absolute Gasteiger partial charge is 0.252 e. The van der Waals surface area contributed by atoms with Gasteiger partial charge >= 0.3 is 0 Å². The quantitative estimate of drug-likeness (QED) is 0.528. The molecule has 1 rings (SSSR count). The first-order valence-electron chi connectivity index (χ1n) is 2.94. The first-order chi connectivity index (χ1) is 5.24. The fraction of sp³-hybridized carbons (Fsp3) is 0. The summed E-state index contributed by atoms with van der Waals surface area (Å²) < 4.78 is 0. The first kappa shape index (κ1) is 8.04. The van der Waals surface area contributed by atoms with Gasteiger partial charge in [0.25, 0.3) is 5.24 Å². The molecule has 0 aliphatic carbocycles. The molecular formula is C7H6ClNO2. The van der Waals surface area contributed by atoms with E-state index in [1.807, 2.05) is 5.48 Å². The normalized spacial score (nSPS) is 9.27. The lowest BCUT2D eigenvalue weighted by Crippen LogP contribution is -1.91. The minimum atomic E-state index is -0.505. The Hall–Kier alpha value is -1.06. The number of halogens is 1. The third kappa shape index (κ3) is 1.93. The van der Waals surface area contributed by atoms with Crippen LogP contribution in [-0.2, 0) is 0 Å². The zero-order valence-electron chi connectivity index (χ0n) is 5.54. The van der Waals surface area contributed by atoms with Gasteiger partial charge in [0.05, 0.1) is 5.69 Å². The van der Waals surface area contributed by atoms with Crippen molar-refractivity contribution >= 4 is 22.5 Å². The van der Waals surface area contributed by atoms with Crippen LogP contribution < -0.4 is 5.48 Å². The summed E-state index contributed by atoms with van der Waals surface area (Å²) in [5.74, 6) is 0. The fourth-order valence-corrected chi connectivity index (χ4v) is 0.802. The highest BCUT2D eigenvalue weighted by Crippen LogP contribution is 2.09. The van der Waals surface area contributed by atoms with Crippen molar-refractivity contribution in [2.24, 2.45) is 0 Å². The Labute approximate surface area is 68.6 Å². The first-order valence-corrected chi connectivity index (χ1v) is 3.32. The number of rotatable bonds is 2. The van der Waals surface area contributed by atoms with Crippen LogP contribution in [0.2, 0.25) is 0 Å². The monoisotopic (exact) mass is 171 g/mol. The Morgan fingerprint density at radius 3 is 2.27 bits per heavy atom. The van der Waals surface area contributed by atoms with Crippen LogP contribution in [0.4, 0.5) is 5.69 Å². The average molecular weight is 172 g/mol. The maximum Gasteiger partial charge on any atom is 0.252 e. The van der Waals surface area contributed by atoms with Crippen molar-refractivity contribution in [2.45, 2.75) is 0 Å². The van der Waals surface area contributed by atoms with E-state index in [0.29, 0.717) is 11.3 Å². The number of anilines is 1. The van der Waals surface area contributed by atoms with Gasteiger partial charge in [-0.15, -0.1) is 0 Å². The van der Waals surface area contributed by atoms with Crippen molar-refractivity contribution in [3.63, 3.8) is 0 Å². The molecule has 0 spiro atoms. The highest BCUT2D eigenvalue weighted by molar-refractivity contribution is 6.67. The maximum atomic E-state index is 10.5. The second-order valence-corrected chi connectivity index (χ2v) is 2.31. The van der Waals surface area contributed by atoms with Gasteiger partial charge in [-0.05, 0) is 35.9 Å². The highest BCUT2D eigenvalue weighted by atomic mass is 35.5. The molecule has 0 atom stereocenters. The lowest BCUT2D eigenvalue weighted by atomic mass is 10.2. The molecule has 0 saturated heterocycles. The zero-order valence-corrected chi connectivity index (χ0v) is 6.30. The molecule has 0 saturated carbocycles. The second-order valence-electron chi connectivity index (χ2n) is 1.96. The van der Waals surface area contributed by atoms with E-state index < -0.39 is 5.24 Å². The van der Waals surface area contributed by atoms with Crippen LogP contribution in [0.25, 0.3) is 0 Å². The summed E-state index contributed by atoms with van der Waals surface area (Å²) in [6.45, 7) is 0. The SMILES string of the molecule is O=C(Cl)c1ccc(NO)cc1. The van der Waals surface area contributed by atoms with Crippen molar-refractivity contribution in [1.29, 1.82) is 0 Å². The van der Waals surface area contributed by atoms with Crippen LogP contribution in [0.5, 0.6) is 0 Å². The number of hydrogen-bond acceptors (Lipinski definition) is 3. The van der Waals surface area contributed by atoms with E-state index in [4.69, 9.17) is 16.8 Å². The third-order valence-electron chi connectivity index (χ3n) is 1.24. The topological polar surface area (TPSA) is 49.3 Å². The van der Waals surface area contributed by atoms with Gasteiger partial charge in [0.2, 0.25) is 0 Å². The molecule has 0 fully saturated rings. The van der Waals surface area contributed by atoms with Gasteiger partial charge < -0.3 is 0 Å². The summed E-state index contributed by atoms with van der Waals surface area (Å²) in [4.78, 5) is 10.5. The van der Waals surface area contributed by atoms with Crippen LogP contribution in [0.15, 0.2) is 24.3 Å². The van der Waals surface area contributed by atoms with Crippen molar-refractivity contribution in [1.82, 2.24) is 0 Å². The van der Waals surface area contributed by atoms with E-state index in [0.717, 1.165) is 0 Å². The Morgan fingerprint density at radius 1 is 1.36 bits per heavy atom. The largest absolute Gasteiger partial charge is 0.291 e. The molecule has 0 heterocycles. The van der Waals surface area contributed by atoms with E-state index in [2.05, 4.69) is 0 Å². The summed E-state index contributed by atoms with van der Waals surface area (Å²) >= 11 is 5.18. The molecule has 2 N–H and O–H groups in total. The number of carbonyl (C=O) groups excluding carboxylic acids is 1. The van der Waals surface area contributed by atoms with Crippen LogP contribution in [-0.4, -0.2) is 10.4 Å². The molecule has 0 amide bonds. The van der Waals surface area contributed by atoms with Gasteiger partial charge in [0.15, 0.2) is 0 Å². The van der Waals surface area contributed by atoms with E-state index >= 15 is 0 Å². The molecule has 4 heteroatoms. The standard InChI is InChI=1S/C7H6ClNO2/c8-7(10)5-1-3-6(9-11)4-2-5/h1-4,9,11H. The van der Waals surface area contributed by atoms with Gasteiger partial charge in [-0.1, -0.05) is 0 Å². The van der Waals surface area contributed by atoms with Crippen LogP contribution in [0, 0.1) is 0 Å². The molecule has 0 radical (unpaired) electrons. The second kappa shape index (κ2) is 3.37. The van der Waals surface area contributed by atoms with Crippen molar-refractivity contribution in [3.8, 4) is 0 Å². The van der Waals surface area contributed by atoms with Crippen LogP contribution in [0.3, 0.4) is 0 Å². The number of hydrogen-bond donors (Lipinski definition) is 2. The van der Waals surface area contributed by atoms with Gasteiger partial charge in [0.1, 0.15) is 0 Å². The average Bonchev–Trinajstić information content (AvgIpc) is 2.05. The van der Waals surface area contributed by atoms with Crippen molar-refractivity contribution in [3.05, 3.63) is 29.8 Å². The van der Waals surface area contributed by atoms with Crippen molar-refractivity contribution in [2.75, 3.05) is 5.48 Å². The zero-order chi connectivity index (χ0) is 8.27. The Morgan fingerprint density at radius 2 is 1.91 bits per heavy atom. The van der Waals surface area contributed by atoms with E-state index in [1.54, 1.807) is 12.1 Å². The minimum absolute atomic E-state index is 0.408. The summed E-state index contributed by atoms with van der Waals surface area (Å²) in [5, 5.41) is 7.89. The van der Waals surface area contributed by atoms with E-state index in [9.17, 15) is 4.79 Å². The molecule has 58 valence electrons. The van der Waals surface area contributed by atoms with Crippen LogP contribution in [0.1, 0.15) is 10.4 Å². The summed E-state index contributed by atoms with van der Waals surface area (Å²) in [5.41, 5.74) is 2.87. The van der Waals surface area contributed by atoms with E-state index in [-0.39, 0.29) is 0 Å². The lowest BCUT2D eigenvalue weighted by Gasteiger charge is -1.97.